The minimum atomic E-state index is -0.348. The molecule has 0 atom stereocenters. The predicted octanol–water partition coefficient (Wildman–Crippen LogP) is 3.68. The van der Waals surface area contributed by atoms with Gasteiger partial charge in [-0.3, -0.25) is 0 Å². The Morgan fingerprint density at radius 1 is 1.53 bits per heavy atom. The molecular weight excluding hydrogens is 303 g/mol. The van der Waals surface area contributed by atoms with E-state index in [2.05, 4.69) is 35.1 Å². The van der Waals surface area contributed by atoms with Gasteiger partial charge in [0, 0.05) is 12.1 Å². The smallest absolute Gasteiger partial charge is 0.161 e. The molecule has 0 aliphatic rings. The van der Waals surface area contributed by atoms with Crippen molar-refractivity contribution in [3.8, 4) is 0 Å². The van der Waals surface area contributed by atoms with Gasteiger partial charge in [-0.25, -0.2) is 4.39 Å². The monoisotopic (exact) mass is 318 g/mol. The molecule has 0 amide bonds. The Bertz CT molecular complexity index is 421. The first-order chi connectivity index (χ1) is 7.93. The Hall–Kier alpha value is -0.680. The van der Waals surface area contributed by atoms with Gasteiger partial charge in [-0.1, -0.05) is 26.1 Å². The molecule has 17 heavy (non-hydrogen) atoms. The van der Waals surface area contributed by atoms with Crippen LogP contribution in [0.2, 0.25) is 0 Å². The van der Waals surface area contributed by atoms with Crippen LogP contribution in [0.5, 0.6) is 0 Å². The molecule has 0 aromatic heterocycles. The zero-order valence-electron chi connectivity index (χ0n) is 9.89. The molecule has 0 unspecified atom stereocenters. The van der Waals surface area contributed by atoms with Crippen LogP contribution in [-0.2, 0) is 0 Å². The average Bonchev–Trinajstić information content (AvgIpc) is 2.23. The molecule has 0 bridgehead atoms. The third-order valence-corrected chi connectivity index (χ3v) is 3.38. The number of hydrogen-bond acceptors (Lipinski definition) is 2. The number of halogens is 2. The molecule has 0 spiro atoms. The topological polar surface area (TPSA) is 38.0 Å². The van der Waals surface area contributed by atoms with Crippen molar-refractivity contribution in [2.75, 3.05) is 11.9 Å². The summed E-state index contributed by atoms with van der Waals surface area (Å²) in [6.07, 6.45) is 0.994. The van der Waals surface area contributed by atoms with Crippen LogP contribution in [0.25, 0.3) is 0 Å². The summed E-state index contributed by atoms with van der Waals surface area (Å²) in [6, 6.07) is 3.38. The highest BCUT2D eigenvalue weighted by Gasteiger charge is 2.12. The molecule has 1 aromatic rings. The molecule has 3 N–H and O–H groups in total. The molecular formula is C12H16BrFN2S. The highest BCUT2D eigenvalue weighted by Crippen LogP contribution is 2.27. The largest absolute Gasteiger partial charge is 0.389 e. The zero-order valence-corrected chi connectivity index (χ0v) is 12.3. The van der Waals surface area contributed by atoms with Crippen LogP contribution in [-0.4, -0.2) is 11.5 Å². The summed E-state index contributed by atoms with van der Waals surface area (Å²) in [5.41, 5.74) is 6.48. The van der Waals surface area contributed by atoms with E-state index in [-0.39, 0.29) is 10.8 Å². The summed E-state index contributed by atoms with van der Waals surface area (Å²) in [6.45, 7) is 5.00. The molecule has 0 saturated heterocycles. The fraction of sp³-hybridized carbons (Fsp3) is 0.417. The summed E-state index contributed by atoms with van der Waals surface area (Å²) in [7, 11) is 0. The van der Waals surface area contributed by atoms with Gasteiger partial charge >= 0.3 is 0 Å². The van der Waals surface area contributed by atoms with Gasteiger partial charge in [0.15, 0.2) is 5.82 Å². The summed E-state index contributed by atoms with van der Waals surface area (Å²) >= 11 is 8.00. The molecule has 1 rings (SSSR count). The first-order valence-corrected chi connectivity index (χ1v) is 6.65. The van der Waals surface area contributed by atoms with Crippen molar-refractivity contribution in [2.24, 2.45) is 11.7 Å². The van der Waals surface area contributed by atoms with Crippen molar-refractivity contribution in [1.29, 1.82) is 0 Å². The summed E-state index contributed by atoms with van der Waals surface area (Å²) in [4.78, 5) is 0.185. The van der Waals surface area contributed by atoms with Crippen LogP contribution < -0.4 is 11.1 Å². The highest BCUT2D eigenvalue weighted by molar-refractivity contribution is 9.10. The second-order valence-corrected chi connectivity index (χ2v) is 5.50. The molecule has 94 valence electrons. The van der Waals surface area contributed by atoms with Gasteiger partial charge in [0.05, 0.1) is 10.2 Å². The van der Waals surface area contributed by atoms with Crippen LogP contribution in [0.3, 0.4) is 0 Å². The van der Waals surface area contributed by atoms with E-state index >= 15 is 0 Å². The van der Waals surface area contributed by atoms with E-state index < -0.39 is 0 Å². The molecule has 0 fully saturated rings. The third-order valence-electron chi connectivity index (χ3n) is 2.38. The van der Waals surface area contributed by atoms with Gasteiger partial charge in [0.25, 0.3) is 0 Å². The van der Waals surface area contributed by atoms with Crippen molar-refractivity contribution in [3.63, 3.8) is 0 Å². The number of thiocarbonyl (C=S) groups is 1. The Labute approximate surface area is 115 Å². The lowest BCUT2D eigenvalue weighted by atomic mass is 10.1. The lowest BCUT2D eigenvalue weighted by Gasteiger charge is -2.12. The standard InChI is InChI=1S/C12H16BrFN2S/c1-7(2)5-6-16-9-4-3-8(12(15)17)10(13)11(9)14/h3-4,7,16H,5-6H2,1-2H3,(H2,15,17). The number of nitrogens with one attached hydrogen (secondary N) is 1. The Kier molecular flexibility index (Phi) is 5.33. The van der Waals surface area contributed by atoms with Crippen molar-refractivity contribution in [3.05, 3.63) is 28.0 Å². The SMILES string of the molecule is CC(C)CCNc1ccc(C(N)=S)c(Br)c1F. The number of rotatable bonds is 5. The predicted molar refractivity (Wildman–Crippen MR) is 77.9 cm³/mol. The van der Waals surface area contributed by atoms with Gasteiger partial charge in [-0.2, -0.15) is 0 Å². The maximum atomic E-state index is 13.9. The zero-order chi connectivity index (χ0) is 13.0. The lowest BCUT2D eigenvalue weighted by Crippen LogP contribution is -2.12. The molecule has 0 aliphatic heterocycles. The summed E-state index contributed by atoms with van der Waals surface area (Å²) in [5.74, 6) is 0.240. The van der Waals surface area contributed by atoms with E-state index in [1.165, 1.54) is 0 Å². The minimum Gasteiger partial charge on any atom is -0.389 e. The quantitative estimate of drug-likeness (QED) is 0.813. The minimum absolute atomic E-state index is 0.185. The van der Waals surface area contributed by atoms with Crippen LogP contribution in [0.1, 0.15) is 25.8 Å². The third kappa shape index (κ3) is 3.92. The Morgan fingerprint density at radius 2 is 2.18 bits per heavy atom. The first kappa shape index (κ1) is 14.4. The molecule has 0 aliphatic carbocycles. The normalized spacial score (nSPS) is 10.6. The van der Waals surface area contributed by atoms with Crippen LogP contribution in [0.4, 0.5) is 10.1 Å². The van der Waals surface area contributed by atoms with Crippen molar-refractivity contribution in [2.45, 2.75) is 20.3 Å². The molecule has 1 aromatic carbocycles. The molecule has 0 saturated carbocycles. The van der Waals surface area contributed by atoms with Crippen LogP contribution in [0, 0.1) is 11.7 Å². The second-order valence-electron chi connectivity index (χ2n) is 4.26. The van der Waals surface area contributed by atoms with Gasteiger partial charge in [-0.05, 0) is 40.4 Å². The highest BCUT2D eigenvalue weighted by atomic mass is 79.9. The van der Waals surface area contributed by atoms with E-state index in [1.54, 1.807) is 12.1 Å². The molecule has 2 nitrogen and oxygen atoms in total. The second kappa shape index (κ2) is 6.31. The average molecular weight is 319 g/mol. The van der Waals surface area contributed by atoms with E-state index in [0.29, 0.717) is 21.6 Å². The summed E-state index contributed by atoms with van der Waals surface area (Å²) < 4.78 is 14.2. The number of benzene rings is 1. The van der Waals surface area contributed by atoms with Gasteiger partial charge in [-0.15, -0.1) is 0 Å². The number of nitrogens with two attached hydrogens (primary N) is 1. The fourth-order valence-corrected chi connectivity index (χ4v) is 2.23. The maximum Gasteiger partial charge on any atom is 0.161 e. The van der Waals surface area contributed by atoms with E-state index in [9.17, 15) is 4.39 Å². The van der Waals surface area contributed by atoms with Crippen molar-refractivity contribution < 1.29 is 4.39 Å². The maximum absolute atomic E-state index is 13.9. The van der Waals surface area contributed by atoms with Crippen molar-refractivity contribution >= 4 is 38.8 Å². The van der Waals surface area contributed by atoms with E-state index in [0.717, 1.165) is 13.0 Å². The number of anilines is 1. The first-order valence-electron chi connectivity index (χ1n) is 5.45. The van der Waals surface area contributed by atoms with Crippen LogP contribution >= 0.6 is 28.1 Å². The summed E-state index contributed by atoms with van der Waals surface area (Å²) in [5, 5.41) is 3.06. The van der Waals surface area contributed by atoms with Gasteiger partial charge < -0.3 is 11.1 Å². The molecule has 0 radical (unpaired) electrons. The fourth-order valence-electron chi connectivity index (χ4n) is 1.37. The van der Waals surface area contributed by atoms with Crippen molar-refractivity contribution in [1.82, 2.24) is 0 Å². The Morgan fingerprint density at radius 3 is 2.71 bits per heavy atom. The Balaban J connectivity index is 2.82. The lowest BCUT2D eigenvalue weighted by molar-refractivity contribution is 0.598. The van der Waals surface area contributed by atoms with E-state index in [1.807, 2.05) is 0 Å². The van der Waals surface area contributed by atoms with Gasteiger partial charge in [0.1, 0.15) is 4.99 Å². The molecule has 0 heterocycles. The van der Waals surface area contributed by atoms with Gasteiger partial charge in [0.2, 0.25) is 0 Å². The van der Waals surface area contributed by atoms with E-state index in [4.69, 9.17) is 18.0 Å². The van der Waals surface area contributed by atoms with Crippen LogP contribution in [0.15, 0.2) is 16.6 Å². The molecule has 5 heteroatoms. The number of hydrogen-bond donors (Lipinski definition) is 2.